The zero-order valence-electron chi connectivity index (χ0n) is 31.3. The first-order chi connectivity index (χ1) is 27.8. The summed E-state index contributed by atoms with van der Waals surface area (Å²) in [4.78, 5) is 9.60. The highest BCUT2D eigenvalue weighted by Gasteiger charge is 2.21. The zero-order chi connectivity index (χ0) is 37.6. The molecule has 0 aliphatic heterocycles. The third-order valence-electron chi connectivity index (χ3n) is 10.8. The highest BCUT2D eigenvalue weighted by molar-refractivity contribution is 6.30. The minimum Gasteiger partial charge on any atom is -0.309 e. The second-order valence-corrected chi connectivity index (χ2v) is 13.8. The summed E-state index contributed by atoms with van der Waals surface area (Å²) in [6.07, 6.45) is 3.67. The van der Waals surface area contributed by atoms with Gasteiger partial charge in [-0.15, -0.1) is 0 Å². The molecule has 4 nitrogen and oxygen atoms in total. The van der Waals surface area contributed by atoms with Crippen LogP contribution in [0.4, 0.5) is 0 Å². The van der Waals surface area contributed by atoms with Crippen LogP contribution in [0.15, 0.2) is 194 Å². The number of hydrogen-bond donors (Lipinski definition) is 0. The van der Waals surface area contributed by atoms with E-state index in [1.165, 1.54) is 65.6 Å². The standard InChI is InChI=1S/C50H32N4.C2H6/c1-4-12-33(13-5-1)35-21-25-44-41(30-35)49-39-24-28-47-50(40(39)23-27-46(49)53(44)38-17-8-3-9-18-38)42-31-36(34-14-6-2-7-15-34)22-26-45(42)54(47)48-20-10-19-43(52-48)37-16-11-29-51-32-37;1-2/h1-32H;1-2H3. The predicted molar refractivity (Wildman–Crippen MR) is 236 cm³/mol. The number of fused-ring (bicyclic) bond motifs is 9. The predicted octanol–water partition coefficient (Wildman–Crippen LogP) is 13.9. The molecule has 0 aliphatic carbocycles. The van der Waals surface area contributed by atoms with Gasteiger partial charge in [-0.05, 0) is 106 Å². The third-order valence-corrected chi connectivity index (χ3v) is 10.8. The fourth-order valence-electron chi connectivity index (χ4n) is 8.39. The fraction of sp³-hybridized carbons (Fsp3) is 0.0385. The Bertz CT molecular complexity index is 3180. The maximum absolute atomic E-state index is 5.23. The van der Waals surface area contributed by atoms with E-state index < -0.39 is 0 Å². The molecule has 56 heavy (non-hydrogen) atoms. The van der Waals surface area contributed by atoms with Gasteiger partial charge in [-0.3, -0.25) is 9.55 Å². The van der Waals surface area contributed by atoms with Crippen molar-refractivity contribution < 1.29 is 0 Å². The first-order valence-electron chi connectivity index (χ1n) is 19.3. The molecule has 0 amide bonds. The van der Waals surface area contributed by atoms with E-state index in [1.54, 1.807) is 6.20 Å². The van der Waals surface area contributed by atoms with Crippen molar-refractivity contribution in [1.29, 1.82) is 0 Å². The lowest BCUT2D eigenvalue weighted by molar-refractivity contribution is 1.08. The average Bonchev–Trinajstić information content (AvgIpc) is 3.81. The summed E-state index contributed by atoms with van der Waals surface area (Å²) in [5, 5.41) is 7.35. The lowest BCUT2D eigenvalue weighted by Gasteiger charge is -2.10. The average molecular weight is 719 g/mol. The van der Waals surface area contributed by atoms with E-state index in [-0.39, 0.29) is 0 Å². The van der Waals surface area contributed by atoms with E-state index >= 15 is 0 Å². The summed E-state index contributed by atoms with van der Waals surface area (Å²) in [5.41, 5.74) is 12.4. The quantitative estimate of drug-likeness (QED) is 0.178. The molecule has 0 spiro atoms. The van der Waals surface area contributed by atoms with E-state index in [0.717, 1.165) is 33.8 Å². The minimum absolute atomic E-state index is 0.873. The SMILES string of the molecule is CC.c1ccc(-c2ccc3c(c2)c2c4ccc5c(c4ccc2n3-c2ccccc2)c2cc(-c3ccccc3)ccc2n5-c2cccc(-c3cccnc3)n2)cc1. The normalized spacial score (nSPS) is 11.4. The largest absolute Gasteiger partial charge is 0.309 e. The van der Waals surface area contributed by atoms with Gasteiger partial charge in [-0.2, -0.15) is 0 Å². The molecule has 4 heterocycles. The molecule has 7 aromatic carbocycles. The summed E-state index contributed by atoms with van der Waals surface area (Å²) in [5.74, 6) is 0.873. The molecule has 0 unspecified atom stereocenters. The van der Waals surface area contributed by atoms with Gasteiger partial charge in [0.2, 0.25) is 0 Å². The summed E-state index contributed by atoms with van der Waals surface area (Å²) in [6.45, 7) is 4.00. The lowest BCUT2D eigenvalue weighted by atomic mass is 9.97. The molecule has 0 atom stereocenters. The maximum Gasteiger partial charge on any atom is 0.138 e. The van der Waals surface area contributed by atoms with Crippen LogP contribution >= 0.6 is 0 Å². The van der Waals surface area contributed by atoms with Gasteiger partial charge in [0.1, 0.15) is 5.82 Å². The van der Waals surface area contributed by atoms with E-state index in [2.05, 4.69) is 190 Å². The van der Waals surface area contributed by atoms with Gasteiger partial charge in [0.25, 0.3) is 0 Å². The van der Waals surface area contributed by atoms with Crippen LogP contribution in [0, 0.1) is 0 Å². The fourth-order valence-corrected chi connectivity index (χ4v) is 8.39. The minimum atomic E-state index is 0.873. The topological polar surface area (TPSA) is 35.6 Å². The first-order valence-corrected chi connectivity index (χ1v) is 19.3. The van der Waals surface area contributed by atoms with Gasteiger partial charge < -0.3 is 4.57 Å². The van der Waals surface area contributed by atoms with Crippen LogP contribution in [0.1, 0.15) is 13.8 Å². The smallest absolute Gasteiger partial charge is 0.138 e. The van der Waals surface area contributed by atoms with E-state index in [9.17, 15) is 0 Å². The van der Waals surface area contributed by atoms with Gasteiger partial charge in [-0.25, -0.2) is 4.98 Å². The number of rotatable bonds is 5. The van der Waals surface area contributed by atoms with Gasteiger partial charge >= 0.3 is 0 Å². The number of nitrogens with zero attached hydrogens (tertiary/aromatic N) is 4. The van der Waals surface area contributed by atoms with Gasteiger partial charge in [-0.1, -0.05) is 123 Å². The van der Waals surface area contributed by atoms with Gasteiger partial charge in [0, 0.05) is 45.2 Å². The van der Waals surface area contributed by atoms with Crippen LogP contribution in [0.5, 0.6) is 0 Å². The molecule has 0 saturated carbocycles. The number of pyridine rings is 2. The Morgan fingerprint density at radius 2 is 0.893 bits per heavy atom. The summed E-state index contributed by atoms with van der Waals surface area (Å²) in [7, 11) is 0. The second-order valence-electron chi connectivity index (χ2n) is 13.8. The van der Waals surface area contributed by atoms with Crippen molar-refractivity contribution in [3.63, 3.8) is 0 Å². The molecule has 4 aromatic heterocycles. The third kappa shape index (κ3) is 5.38. The molecule has 0 saturated heterocycles. The van der Waals surface area contributed by atoms with Crippen molar-refractivity contribution in [2.24, 2.45) is 0 Å². The van der Waals surface area contributed by atoms with Crippen molar-refractivity contribution in [1.82, 2.24) is 19.1 Å². The molecule has 11 aromatic rings. The van der Waals surface area contributed by atoms with Crippen molar-refractivity contribution in [3.8, 4) is 45.0 Å². The van der Waals surface area contributed by atoms with Crippen molar-refractivity contribution in [3.05, 3.63) is 194 Å². The Kier molecular flexibility index (Phi) is 8.23. The summed E-state index contributed by atoms with van der Waals surface area (Å²) < 4.78 is 4.73. The van der Waals surface area contributed by atoms with Gasteiger partial charge in [0.05, 0.1) is 27.8 Å². The Balaban J connectivity index is 0.00000189. The van der Waals surface area contributed by atoms with Crippen molar-refractivity contribution in [2.45, 2.75) is 13.8 Å². The van der Waals surface area contributed by atoms with Crippen LogP contribution in [0.2, 0.25) is 0 Å². The van der Waals surface area contributed by atoms with Crippen LogP contribution in [-0.4, -0.2) is 19.1 Å². The zero-order valence-corrected chi connectivity index (χ0v) is 31.3. The van der Waals surface area contributed by atoms with Crippen LogP contribution in [0.25, 0.3) is 99.4 Å². The monoisotopic (exact) mass is 718 g/mol. The molecular formula is C52H38N4. The number of aromatic nitrogens is 4. The molecule has 0 bridgehead atoms. The first kappa shape index (κ1) is 33.3. The molecular weight excluding hydrogens is 681 g/mol. The van der Waals surface area contributed by atoms with E-state index in [0.29, 0.717) is 0 Å². The molecule has 0 aliphatic rings. The van der Waals surface area contributed by atoms with Crippen LogP contribution < -0.4 is 0 Å². The Morgan fingerprint density at radius 1 is 0.375 bits per heavy atom. The van der Waals surface area contributed by atoms with E-state index in [4.69, 9.17) is 4.98 Å². The van der Waals surface area contributed by atoms with Crippen molar-refractivity contribution >= 4 is 54.4 Å². The molecule has 0 N–H and O–H groups in total. The summed E-state index contributed by atoms with van der Waals surface area (Å²) in [6, 6.07) is 65.3. The molecule has 0 radical (unpaired) electrons. The highest BCUT2D eigenvalue weighted by atomic mass is 15.1. The molecule has 0 fully saturated rings. The Labute approximate surface area is 325 Å². The number of para-hydroxylation sites is 1. The van der Waals surface area contributed by atoms with Crippen LogP contribution in [-0.2, 0) is 0 Å². The highest BCUT2D eigenvalue weighted by Crippen LogP contribution is 2.44. The van der Waals surface area contributed by atoms with Gasteiger partial charge in [0.15, 0.2) is 0 Å². The lowest BCUT2D eigenvalue weighted by Crippen LogP contribution is -1.98. The maximum atomic E-state index is 5.23. The summed E-state index contributed by atoms with van der Waals surface area (Å²) >= 11 is 0. The number of benzene rings is 7. The Morgan fingerprint density at radius 3 is 1.46 bits per heavy atom. The number of hydrogen-bond acceptors (Lipinski definition) is 2. The molecule has 4 heteroatoms. The van der Waals surface area contributed by atoms with Crippen molar-refractivity contribution in [2.75, 3.05) is 0 Å². The molecule has 11 rings (SSSR count). The van der Waals surface area contributed by atoms with E-state index in [1.807, 2.05) is 26.1 Å². The molecule has 266 valence electrons. The van der Waals surface area contributed by atoms with Crippen LogP contribution in [0.3, 0.4) is 0 Å². The Hall–Kier alpha value is -7.30. The second kappa shape index (κ2) is 13.8.